The molecule has 0 bridgehead atoms. The lowest BCUT2D eigenvalue weighted by atomic mass is 10.3. The predicted molar refractivity (Wildman–Crippen MR) is 80.6 cm³/mol. The first-order chi connectivity index (χ1) is 10.2. The Kier molecular flexibility index (Phi) is 4.40. The Bertz CT molecular complexity index is 638. The van der Waals surface area contributed by atoms with Gasteiger partial charge >= 0.3 is 0 Å². The van der Waals surface area contributed by atoms with E-state index in [4.69, 9.17) is 11.6 Å². The molecule has 2 heterocycles. The second-order valence-electron chi connectivity index (χ2n) is 5.16. The van der Waals surface area contributed by atoms with E-state index in [0.717, 1.165) is 40.8 Å². The quantitative estimate of drug-likeness (QED) is 0.804. The molecule has 1 aliphatic carbocycles. The van der Waals surface area contributed by atoms with Gasteiger partial charge in [-0.15, -0.1) is 5.10 Å². The van der Waals surface area contributed by atoms with Crippen LogP contribution in [0.5, 0.6) is 0 Å². The average Bonchev–Trinajstić information content (AvgIpc) is 3.14. The Balaban J connectivity index is 1.90. The summed E-state index contributed by atoms with van der Waals surface area (Å²) in [6.45, 7) is 3.94. The molecule has 0 saturated heterocycles. The third-order valence-electron chi connectivity index (χ3n) is 3.73. The Morgan fingerprint density at radius 1 is 1.29 bits per heavy atom. The smallest absolute Gasteiger partial charge is 0.215 e. The molecule has 8 heteroatoms. The molecule has 112 valence electrons. The van der Waals surface area contributed by atoms with E-state index in [9.17, 15) is 0 Å². The molecule has 0 aliphatic heterocycles. The number of hydrogen-bond donors (Lipinski definition) is 0. The van der Waals surface area contributed by atoms with Crippen molar-refractivity contribution in [1.82, 2.24) is 30.2 Å². The highest BCUT2D eigenvalue weighted by Crippen LogP contribution is 2.35. The molecule has 0 radical (unpaired) electrons. The van der Waals surface area contributed by atoms with E-state index in [1.165, 1.54) is 24.6 Å². The van der Waals surface area contributed by atoms with Crippen LogP contribution in [0.15, 0.2) is 10.2 Å². The zero-order valence-corrected chi connectivity index (χ0v) is 13.7. The maximum Gasteiger partial charge on any atom is 0.215 e. The van der Waals surface area contributed by atoms with Crippen LogP contribution in [-0.2, 0) is 6.42 Å². The molecule has 1 fully saturated rings. The minimum absolute atomic E-state index is 0.408. The van der Waals surface area contributed by atoms with Gasteiger partial charge in [0.1, 0.15) is 16.0 Å². The first-order valence-corrected chi connectivity index (χ1v) is 8.37. The summed E-state index contributed by atoms with van der Waals surface area (Å²) in [6, 6.07) is 0.408. The van der Waals surface area contributed by atoms with E-state index in [0.29, 0.717) is 11.2 Å². The molecule has 6 nitrogen and oxygen atoms in total. The van der Waals surface area contributed by atoms with E-state index in [1.54, 1.807) is 0 Å². The lowest BCUT2D eigenvalue weighted by Gasteiger charge is -2.12. The van der Waals surface area contributed by atoms with Gasteiger partial charge in [0.15, 0.2) is 0 Å². The molecule has 0 amide bonds. The van der Waals surface area contributed by atoms with Gasteiger partial charge in [-0.25, -0.2) is 14.6 Å². The lowest BCUT2D eigenvalue weighted by Crippen LogP contribution is -2.08. The van der Waals surface area contributed by atoms with E-state index >= 15 is 0 Å². The largest absolute Gasteiger partial charge is 0.226 e. The monoisotopic (exact) mass is 324 g/mol. The highest BCUT2D eigenvalue weighted by molar-refractivity contribution is 7.99. The van der Waals surface area contributed by atoms with E-state index in [1.807, 2.05) is 18.5 Å². The Hall–Kier alpha value is -1.21. The normalized spacial score (nSPS) is 15.8. The number of halogens is 1. The van der Waals surface area contributed by atoms with Crippen molar-refractivity contribution in [1.29, 1.82) is 0 Å². The average molecular weight is 325 g/mol. The molecule has 1 saturated carbocycles. The molecule has 1 aliphatic rings. The third-order valence-corrected chi connectivity index (χ3v) is 5.14. The van der Waals surface area contributed by atoms with E-state index in [-0.39, 0.29) is 0 Å². The fraction of sp³-hybridized carbons (Fsp3) is 0.615. The number of rotatable bonds is 4. The van der Waals surface area contributed by atoms with Gasteiger partial charge in [0.25, 0.3) is 0 Å². The van der Waals surface area contributed by atoms with Crippen LogP contribution in [0.4, 0.5) is 0 Å². The lowest BCUT2D eigenvalue weighted by molar-refractivity contribution is 0.423. The second kappa shape index (κ2) is 6.27. The minimum Gasteiger partial charge on any atom is -0.226 e. The molecule has 2 aromatic heterocycles. The summed E-state index contributed by atoms with van der Waals surface area (Å²) in [4.78, 5) is 8.82. The summed E-state index contributed by atoms with van der Waals surface area (Å²) < 4.78 is 1.93. The molecule has 0 unspecified atom stereocenters. The van der Waals surface area contributed by atoms with Gasteiger partial charge in [0, 0.05) is 12.0 Å². The van der Waals surface area contributed by atoms with Crippen molar-refractivity contribution in [2.45, 2.75) is 62.2 Å². The van der Waals surface area contributed by atoms with Gasteiger partial charge in [0.05, 0.1) is 6.04 Å². The fourth-order valence-corrected chi connectivity index (χ4v) is 3.66. The summed E-state index contributed by atoms with van der Waals surface area (Å²) in [5.74, 6) is 0.744. The summed E-state index contributed by atoms with van der Waals surface area (Å²) in [7, 11) is 0. The standard InChI is InChI=1S/C13H17ClN6S/c1-3-10-15-11(14)8(2)12(16-10)21-13-17-18-19-20(13)9-6-4-5-7-9/h9H,3-7H2,1-2H3. The summed E-state index contributed by atoms with van der Waals surface area (Å²) >= 11 is 7.65. The molecular weight excluding hydrogens is 308 g/mol. The zero-order valence-electron chi connectivity index (χ0n) is 12.1. The molecule has 21 heavy (non-hydrogen) atoms. The van der Waals surface area contributed by atoms with E-state index < -0.39 is 0 Å². The Morgan fingerprint density at radius 2 is 2.05 bits per heavy atom. The van der Waals surface area contributed by atoms with Crippen molar-refractivity contribution < 1.29 is 0 Å². The van der Waals surface area contributed by atoms with Crippen LogP contribution < -0.4 is 0 Å². The number of tetrazole rings is 1. The van der Waals surface area contributed by atoms with Crippen molar-refractivity contribution in [3.63, 3.8) is 0 Å². The molecule has 0 spiro atoms. The summed E-state index contributed by atoms with van der Waals surface area (Å²) in [5, 5.41) is 14.2. The van der Waals surface area contributed by atoms with Crippen LogP contribution in [0.2, 0.25) is 5.15 Å². The van der Waals surface area contributed by atoms with Gasteiger partial charge in [0.2, 0.25) is 5.16 Å². The molecule has 0 atom stereocenters. The van der Waals surface area contributed by atoms with Crippen LogP contribution in [0.3, 0.4) is 0 Å². The van der Waals surface area contributed by atoms with Crippen LogP contribution in [0.25, 0.3) is 0 Å². The third kappa shape index (κ3) is 3.03. The van der Waals surface area contributed by atoms with Crippen molar-refractivity contribution in [2.75, 3.05) is 0 Å². The summed E-state index contributed by atoms with van der Waals surface area (Å²) in [6.07, 6.45) is 5.52. The molecule has 3 rings (SSSR count). The van der Waals surface area contributed by atoms with Gasteiger partial charge in [-0.1, -0.05) is 31.4 Å². The maximum atomic E-state index is 6.18. The Morgan fingerprint density at radius 3 is 2.76 bits per heavy atom. The zero-order chi connectivity index (χ0) is 14.8. The Labute approximate surface area is 132 Å². The minimum atomic E-state index is 0.408. The highest BCUT2D eigenvalue weighted by atomic mass is 35.5. The van der Waals surface area contributed by atoms with Crippen molar-refractivity contribution in [3.05, 3.63) is 16.5 Å². The second-order valence-corrected chi connectivity index (χ2v) is 6.47. The van der Waals surface area contributed by atoms with E-state index in [2.05, 4.69) is 25.5 Å². The maximum absolute atomic E-state index is 6.18. The molecule has 0 aromatic carbocycles. The van der Waals surface area contributed by atoms with Gasteiger partial charge in [-0.2, -0.15) is 0 Å². The van der Waals surface area contributed by atoms with Gasteiger partial charge < -0.3 is 0 Å². The fourth-order valence-electron chi connectivity index (χ4n) is 2.49. The van der Waals surface area contributed by atoms with Crippen molar-refractivity contribution in [3.8, 4) is 0 Å². The van der Waals surface area contributed by atoms with Crippen LogP contribution in [0.1, 0.15) is 50.0 Å². The van der Waals surface area contributed by atoms with Crippen LogP contribution in [-0.4, -0.2) is 30.2 Å². The topological polar surface area (TPSA) is 69.4 Å². The van der Waals surface area contributed by atoms with Crippen molar-refractivity contribution >= 4 is 23.4 Å². The number of hydrogen-bond acceptors (Lipinski definition) is 6. The number of nitrogens with zero attached hydrogens (tertiary/aromatic N) is 6. The molecule has 0 N–H and O–H groups in total. The molecule has 2 aromatic rings. The van der Waals surface area contributed by atoms with Crippen LogP contribution >= 0.6 is 23.4 Å². The van der Waals surface area contributed by atoms with Gasteiger partial charge in [-0.3, -0.25) is 0 Å². The predicted octanol–water partition coefficient (Wildman–Crippen LogP) is 3.25. The first-order valence-electron chi connectivity index (χ1n) is 7.17. The first kappa shape index (κ1) is 14.7. The summed E-state index contributed by atoms with van der Waals surface area (Å²) in [5.41, 5.74) is 0.875. The molecular formula is C13H17ClN6S. The highest BCUT2D eigenvalue weighted by Gasteiger charge is 2.23. The van der Waals surface area contributed by atoms with Crippen LogP contribution in [0, 0.1) is 6.92 Å². The van der Waals surface area contributed by atoms with Gasteiger partial charge in [-0.05, 0) is 42.0 Å². The number of aromatic nitrogens is 6. The number of aryl methyl sites for hydroxylation is 1. The SMILES string of the molecule is CCc1nc(Cl)c(C)c(Sc2nnnn2C2CCCC2)n1. The van der Waals surface area contributed by atoms with Crippen molar-refractivity contribution in [2.24, 2.45) is 0 Å².